The Kier molecular flexibility index (Phi) is 6.99. The molecule has 1 heterocycles. The molecule has 4 nitrogen and oxygen atoms in total. The maximum atomic E-state index is 12.8. The number of halogens is 2. The van der Waals surface area contributed by atoms with Crippen molar-refractivity contribution in [3.63, 3.8) is 0 Å². The molecule has 2 aromatic carbocycles. The van der Waals surface area contributed by atoms with Gasteiger partial charge < -0.3 is 5.32 Å². The van der Waals surface area contributed by atoms with Gasteiger partial charge in [-0.2, -0.15) is 5.10 Å². The summed E-state index contributed by atoms with van der Waals surface area (Å²) in [5.74, 6) is -0.0444. The number of nitrogens with zero attached hydrogens (tertiary/aromatic N) is 2. The summed E-state index contributed by atoms with van der Waals surface area (Å²) in [5, 5.41) is 8.80. The predicted molar refractivity (Wildman–Crippen MR) is 119 cm³/mol. The Bertz CT molecular complexity index is 949. The van der Waals surface area contributed by atoms with Crippen molar-refractivity contribution >= 4 is 29.1 Å². The fraction of sp³-hybridized carbons (Fsp3) is 0.304. The number of nitrogens with one attached hydrogen (secondary N) is 1. The molecule has 0 saturated carbocycles. The van der Waals surface area contributed by atoms with E-state index in [1.54, 1.807) is 17.1 Å². The summed E-state index contributed by atoms with van der Waals surface area (Å²) in [6.07, 6.45) is 4.16. The molecule has 1 aromatic heterocycles. The minimum absolute atomic E-state index is 0.0811. The van der Waals surface area contributed by atoms with E-state index >= 15 is 0 Å². The molecule has 0 spiro atoms. The lowest BCUT2D eigenvalue weighted by Crippen LogP contribution is -2.37. The minimum atomic E-state index is -0.125. The highest BCUT2D eigenvalue weighted by molar-refractivity contribution is 6.30. The number of hydrogen-bond acceptors (Lipinski definition) is 2. The Labute approximate surface area is 181 Å². The summed E-state index contributed by atoms with van der Waals surface area (Å²) in [6.45, 7) is 6.08. The van der Waals surface area contributed by atoms with Crippen LogP contribution in [0, 0.1) is 0 Å². The van der Waals surface area contributed by atoms with Crippen molar-refractivity contribution in [3.8, 4) is 0 Å². The monoisotopic (exact) mass is 429 g/mol. The first-order valence-electron chi connectivity index (χ1n) is 9.68. The highest BCUT2D eigenvalue weighted by Crippen LogP contribution is 2.27. The Hall–Kier alpha value is -2.30. The molecule has 0 radical (unpaired) electrons. The molecule has 1 N–H and O–H groups in total. The Balaban J connectivity index is 1.80. The Morgan fingerprint density at radius 2 is 1.59 bits per heavy atom. The molecule has 152 valence electrons. The van der Waals surface area contributed by atoms with Crippen LogP contribution in [-0.4, -0.2) is 21.7 Å². The zero-order valence-electron chi connectivity index (χ0n) is 16.8. The molecule has 3 aromatic rings. The second kappa shape index (κ2) is 9.47. The number of hydrogen-bond donors (Lipinski definition) is 1. The van der Waals surface area contributed by atoms with Crippen molar-refractivity contribution in [2.24, 2.45) is 0 Å². The van der Waals surface area contributed by atoms with E-state index in [2.05, 4.69) is 10.4 Å². The molecule has 2 atom stereocenters. The van der Waals surface area contributed by atoms with Crippen molar-refractivity contribution in [1.82, 2.24) is 15.1 Å². The molecule has 6 heteroatoms. The van der Waals surface area contributed by atoms with E-state index in [1.165, 1.54) is 0 Å². The lowest BCUT2D eigenvalue weighted by atomic mass is 9.86. The van der Waals surface area contributed by atoms with Gasteiger partial charge in [-0.1, -0.05) is 47.5 Å². The average molecular weight is 430 g/mol. The third kappa shape index (κ3) is 5.62. The van der Waals surface area contributed by atoms with Gasteiger partial charge in [-0.25, -0.2) is 0 Å². The summed E-state index contributed by atoms with van der Waals surface area (Å²) < 4.78 is 1.78. The van der Waals surface area contributed by atoms with Gasteiger partial charge in [-0.15, -0.1) is 0 Å². The van der Waals surface area contributed by atoms with Crippen molar-refractivity contribution in [2.75, 3.05) is 0 Å². The van der Waals surface area contributed by atoms with Crippen molar-refractivity contribution in [1.29, 1.82) is 0 Å². The van der Waals surface area contributed by atoms with Crippen LogP contribution in [0.3, 0.4) is 0 Å². The maximum Gasteiger partial charge on any atom is 0.254 e. The van der Waals surface area contributed by atoms with Crippen LogP contribution >= 0.6 is 23.2 Å². The second-order valence-corrected chi connectivity index (χ2v) is 8.43. The quantitative estimate of drug-likeness (QED) is 0.506. The molecular formula is C23H25Cl2N3O. The molecule has 0 aliphatic heterocycles. The summed E-state index contributed by atoms with van der Waals surface area (Å²) >= 11 is 12.1. The second-order valence-electron chi connectivity index (χ2n) is 7.55. The van der Waals surface area contributed by atoms with Crippen molar-refractivity contribution in [3.05, 3.63) is 87.7 Å². The minimum Gasteiger partial charge on any atom is -0.349 e. The number of benzene rings is 2. The van der Waals surface area contributed by atoms with E-state index in [4.69, 9.17) is 23.2 Å². The van der Waals surface area contributed by atoms with Gasteiger partial charge in [0.2, 0.25) is 0 Å². The van der Waals surface area contributed by atoms with E-state index in [9.17, 15) is 4.79 Å². The van der Waals surface area contributed by atoms with Crippen LogP contribution in [0.5, 0.6) is 0 Å². The van der Waals surface area contributed by atoms with Crippen LogP contribution < -0.4 is 5.32 Å². The predicted octanol–water partition coefficient (Wildman–Crippen LogP) is 5.92. The van der Waals surface area contributed by atoms with E-state index in [0.717, 1.165) is 17.5 Å². The van der Waals surface area contributed by atoms with Crippen molar-refractivity contribution < 1.29 is 4.79 Å². The van der Waals surface area contributed by atoms with E-state index in [0.29, 0.717) is 15.6 Å². The molecule has 0 fully saturated rings. The van der Waals surface area contributed by atoms with E-state index in [-0.39, 0.29) is 23.9 Å². The third-order valence-corrected chi connectivity index (χ3v) is 5.53. The van der Waals surface area contributed by atoms with Crippen LogP contribution in [-0.2, 0) is 6.42 Å². The van der Waals surface area contributed by atoms with Crippen LogP contribution in [0.2, 0.25) is 10.0 Å². The molecule has 0 saturated heterocycles. The van der Waals surface area contributed by atoms with Crippen molar-refractivity contribution in [2.45, 2.75) is 45.2 Å². The molecule has 29 heavy (non-hydrogen) atoms. The molecule has 0 aliphatic rings. The van der Waals surface area contributed by atoms with Gasteiger partial charge in [0.05, 0.1) is 11.8 Å². The molecule has 0 aliphatic carbocycles. The number of carbonyl (C=O) groups excluding carboxylic acids is 1. The van der Waals surface area contributed by atoms with Gasteiger partial charge in [0.1, 0.15) is 0 Å². The standard InChI is InChI=1S/C23H25Cl2N3O/c1-15(2)28-14-19(13-26-28)23(29)27-16(3)22(18-6-10-21(25)11-7-18)12-17-4-8-20(24)9-5-17/h4-11,13-16,22H,12H2,1-3H3,(H,27,29). The molecule has 3 rings (SSSR count). The topological polar surface area (TPSA) is 46.9 Å². The first-order chi connectivity index (χ1) is 13.8. The molecule has 2 unspecified atom stereocenters. The number of rotatable bonds is 7. The van der Waals surface area contributed by atoms with Gasteiger partial charge in [-0.3, -0.25) is 9.48 Å². The maximum absolute atomic E-state index is 12.8. The molecule has 1 amide bonds. The number of carbonyl (C=O) groups is 1. The lowest BCUT2D eigenvalue weighted by Gasteiger charge is -2.26. The zero-order valence-corrected chi connectivity index (χ0v) is 18.3. The average Bonchev–Trinajstić information content (AvgIpc) is 3.19. The summed E-state index contributed by atoms with van der Waals surface area (Å²) in [6, 6.07) is 15.7. The zero-order chi connectivity index (χ0) is 21.0. The van der Waals surface area contributed by atoms with E-state index < -0.39 is 0 Å². The summed E-state index contributed by atoms with van der Waals surface area (Å²) in [7, 11) is 0. The number of amides is 1. The number of aromatic nitrogens is 2. The molecule has 0 bridgehead atoms. The normalized spacial score (nSPS) is 13.3. The van der Waals surface area contributed by atoms with Crippen LogP contribution in [0.15, 0.2) is 60.9 Å². The van der Waals surface area contributed by atoms with Gasteiger partial charge in [-0.05, 0) is 62.6 Å². The van der Waals surface area contributed by atoms with Crippen LogP contribution in [0.25, 0.3) is 0 Å². The SMILES string of the molecule is CC(NC(=O)c1cnn(C(C)C)c1)C(Cc1ccc(Cl)cc1)c1ccc(Cl)cc1. The lowest BCUT2D eigenvalue weighted by molar-refractivity contribution is 0.0934. The van der Waals surface area contributed by atoms with E-state index in [1.807, 2.05) is 69.3 Å². The molecular weight excluding hydrogens is 405 g/mol. The highest BCUT2D eigenvalue weighted by Gasteiger charge is 2.23. The summed E-state index contributed by atoms with van der Waals surface area (Å²) in [4.78, 5) is 12.8. The van der Waals surface area contributed by atoms with Gasteiger partial charge in [0.25, 0.3) is 5.91 Å². The van der Waals surface area contributed by atoms with Crippen LogP contribution in [0.1, 0.15) is 54.2 Å². The fourth-order valence-electron chi connectivity index (χ4n) is 3.30. The summed E-state index contributed by atoms with van der Waals surface area (Å²) in [5.41, 5.74) is 2.84. The first kappa shape index (κ1) is 21.4. The van der Waals surface area contributed by atoms with Crippen LogP contribution in [0.4, 0.5) is 0 Å². The fourth-order valence-corrected chi connectivity index (χ4v) is 3.55. The third-order valence-electron chi connectivity index (χ3n) is 5.02. The first-order valence-corrected chi connectivity index (χ1v) is 10.4. The van der Waals surface area contributed by atoms with Gasteiger partial charge >= 0.3 is 0 Å². The Morgan fingerprint density at radius 1 is 1.00 bits per heavy atom. The largest absolute Gasteiger partial charge is 0.349 e. The van der Waals surface area contributed by atoms with Gasteiger partial charge in [0.15, 0.2) is 0 Å². The smallest absolute Gasteiger partial charge is 0.254 e. The Morgan fingerprint density at radius 3 is 2.14 bits per heavy atom. The van der Waals surface area contributed by atoms with Gasteiger partial charge in [0, 0.05) is 34.2 Å². The highest BCUT2D eigenvalue weighted by atomic mass is 35.5.